The predicted molar refractivity (Wildman–Crippen MR) is 77.7 cm³/mol. The minimum Gasteiger partial charge on any atom is -0.352 e. The number of carbonyl (C=O) groups is 1. The number of alkyl halides is 3. The van der Waals surface area contributed by atoms with Gasteiger partial charge in [0.2, 0.25) is 5.91 Å². The molecule has 0 aliphatic carbocycles. The Labute approximate surface area is 136 Å². The minimum absolute atomic E-state index is 0.179. The van der Waals surface area contributed by atoms with E-state index < -0.39 is 30.7 Å². The molecule has 0 spiro atoms. The van der Waals surface area contributed by atoms with Crippen LogP contribution < -0.4 is 4.90 Å². The molecule has 1 amide bonds. The van der Waals surface area contributed by atoms with Gasteiger partial charge in [0.15, 0.2) is 11.6 Å². The third-order valence-electron chi connectivity index (χ3n) is 4.75. The summed E-state index contributed by atoms with van der Waals surface area (Å²) in [5.41, 5.74) is 0. The first-order valence-electron chi connectivity index (χ1n) is 7.92. The lowest BCUT2D eigenvalue weighted by molar-refractivity contribution is -0.149. The second kappa shape index (κ2) is 6.52. The Morgan fingerprint density at radius 1 is 1.29 bits per heavy atom. The van der Waals surface area contributed by atoms with Crippen molar-refractivity contribution in [2.75, 3.05) is 24.5 Å². The van der Waals surface area contributed by atoms with Crippen molar-refractivity contribution < 1.29 is 22.4 Å². The number of anilines is 1. The summed E-state index contributed by atoms with van der Waals surface area (Å²) in [5, 5.41) is 0. The fourth-order valence-electron chi connectivity index (χ4n) is 3.57. The quantitative estimate of drug-likeness (QED) is 0.789. The van der Waals surface area contributed by atoms with E-state index in [1.54, 1.807) is 4.90 Å². The van der Waals surface area contributed by atoms with Gasteiger partial charge >= 0.3 is 6.18 Å². The molecule has 132 valence electrons. The summed E-state index contributed by atoms with van der Waals surface area (Å²) in [6, 6.07) is -0.186. The van der Waals surface area contributed by atoms with Crippen LogP contribution in [0.3, 0.4) is 0 Å². The summed E-state index contributed by atoms with van der Waals surface area (Å²) in [6.07, 6.45) is -2.10. The third-order valence-corrected chi connectivity index (χ3v) is 4.75. The lowest BCUT2D eigenvalue weighted by Gasteiger charge is -2.39. The smallest absolute Gasteiger partial charge is 0.352 e. The molecule has 9 heteroatoms. The minimum atomic E-state index is -4.34. The lowest BCUT2D eigenvalue weighted by atomic mass is 9.92. The molecule has 2 unspecified atom stereocenters. The maximum Gasteiger partial charge on any atom is 0.389 e. The molecule has 5 nitrogen and oxygen atoms in total. The number of fused-ring (bicyclic) bond motifs is 1. The Hall–Kier alpha value is -1.93. The number of hydrogen-bond donors (Lipinski definition) is 0. The van der Waals surface area contributed by atoms with Gasteiger partial charge in [-0.3, -0.25) is 4.79 Å². The first-order valence-corrected chi connectivity index (χ1v) is 7.92. The average Bonchev–Trinajstić information content (AvgIpc) is 2.95. The van der Waals surface area contributed by atoms with E-state index in [1.165, 1.54) is 11.2 Å². The maximum absolute atomic E-state index is 13.9. The zero-order valence-electron chi connectivity index (χ0n) is 13.0. The standard InChI is InChI=1S/C15H18F4N4O/c16-11-7-20-9-21-14(11)22-5-2-10-3-6-23(12(10)8-22)13(24)1-4-15(17,18)19/h7,9-10,12H,1-6,8H2. The molecule has 24 heavy (non-hydrogen) atoms. The Morgan fingerprint density at radius 3 is 2.75 bits per heavy atom. The van der Waals surface area contributed by atoms with Crippen LogP contribution in [-0.2, 0) is 4.79 Å². The zero-order chi connectivity index (χ0) is 17.3. The maximum atomic E-state index is 13.9. The molecular weight excluding hydrogens is 328 g/mol. The molecule has 0 bridgehead atoms. The van der Waals surface area contributed by atoms with Crippen molar-refractivity contribution in [1.82, 2.24) is 14.9 Å². The monoisotopic (exact) mass is 346 g/mol. The van der Waals surface area contributed by atoms with Crippen LogP contribution in [0.2, 0.25) is 0 Å². The summed E-state index contributed by atoms with van der Waals surface area (Å²) in [5.74, 6) is -0.590. The number of likely N-dealkylation sites (tertiary alicyclic amines) is 1. The number of halogens is 4. The Balaban J connectivity index is 1.68. The fraction of sp³-hybridized carbons (Fsp3) is 0.667. The normalized spacial score (nSPS) is 24.2. The number of aromatic nitrogens is 2. The van der Waals surface area contributed by atoms with Crippen molar-refractivity contribution in [3.63, 3.8) is 0 Å². The van der Waals surface area contributed by atoms with E-state index in [2.05, 4.69) is 9.97 Å². The molecule has 0 aromatic carbocycles. The van der Waals surface area contributed by atoms with Crippen LogP contribution in [0.5, 0.6) is 0 Å². The molecule has 2 saturated heterocycles. The van der Waals surface area contributed by atoms with Gasteiger partial charge in [0.25, 0.3) is 0 Å². The second-order valence-corrected chi connectivity index (χ2v) is 6.25. The van der Waals surface area contributed by atoms with E-state index in [4.69, 9.17) is 0 Å². The van der Waals surface area contributed by atoms with E-state index in [0.29, 0.717) is 19.6 Å². The molecule has 1 aromatic heterocycles. The van der Waals surface area contributed by atoms with Crippen molar-refractivity contribution in [3.8, 4) is 0 Å². The molecule has 0 N–H and O–H groups in total. The van der Waals surface area contributed by atoms with Crippen molar-refractivity contribution >= 4 is 11.7 Å². The number of amides is 1. The highest BCUT2D eigenvalue weighted by Crippen LogP contribution is 2.34. The Bertz CT molecular complexity index is 609. The topological polar surface area (TPSA) is 49.3 Å². The molecule has 0 radical (unpaired) electrons. The van der Waals surface area contributed by atoms with E-state index in [0.717, 1.165) is 19.0 Å². The zero-order valence-corrected chi connectivity index (χ0v) is 13.0. The van der Waals surface area contributed by atoms with E-state index >= 15 is 0 Å². The van der Waals surface area contributed by atoms with Crippen molar-refractivity contribution in [1.29, 1.82) is 0 Å². The summed E-state index contributed by atoms with van der Waals surface area (Å²) in [6.45, 7) is 1.46. The van der Waals surface area contributed by atoms with Crippen molar-refractivity contribution in [3.05, 3.63) is 18.3 Å². The van der Waals surface area contributed by atoms with Crippen LogP contribution in [0.1, 0.15) is 25.7 Å². The van der Waals surface area contributed by atoms with Gasteiger partial charge in [-0.05, 0) is 18.8 Å². The van der Waals surface area contributed by atoms with Gasteiger partial charge in [0.1, 0.15) is 6.33 Å². The van der Waals surface area contributed by atoms with Gasteiger partial charge in [-0.25, -0.2) is 14.4 Å². The average molecular weight is 346 g/mol. The van der Waals surface area contributed by atoms with Crippen LogP contribution in [0.15, 0.2) is 12.5 Å². The van der Waals surface area contributed by atoms with E-state index in [-0.39, 0.29) is 17.8 Å². The molecule has 0 saturated carbocycles. The second-order valence-electron chi connectivity index (χ2n) is 6.25. The van der Waals surface area contributed by atoms with Gasteiger partial charge in [-0.15, -0.1) is 0 Å². The molecule has 2 aliphatic rings. The largest absolute Gasteiger partial charge is 0.389 e. The van der Waals surface area contributed by atoms with Gasteiger partial charge in [-0.1, -0.05) is 0 Å². The third kappa shape index (κ3) is 3.59. The summed E-state index contributed by atoms with van der Waals surface area (Å²) < 4.78 is 50.8. The SMILES string of the molecule is O=C(CCC(F)(F)F)N1CCC2CCN(c3ncncc3F)CC21. The Kier molecular flexibility index (Phi) is 4.60. The number of hydrogen-bond acceptors (Lipinski definition) is 4. The highest BCUT2D eigenvalue weighted by molar-refractivity contribution is 5.77. The summed E-state index contributed by atoms with van der Waals surface area (Å²) in [4.78, 5) is 23.0. The highest BCUT2D eigenvalue weighted by Gasteiger charge is 2.41. The molecular formula is C15H18F4N4O. The Morgan fingerprint density at radius 2 is 2.04 bits per heavy atom. The van der Waals surface area contributed by atoms with E-state index in [1.807, 2.05) is 0 Å². The number of nitrogens with zero attached hydrogens (tertiary/aromatic N) is 4. The fourth-order valence-corrected chi connectivity index (χ4v) is 3.57. The summed E-state index contributed by atoms with van der Waals surface area (Å²) in [7, 11) is 0. The van der Waals surface area contributed by atoms with Crippen LogP contribution in [0.4, 0.5) is 23.4 Å². The van der Waals surface area contributed by atoms with Crippen LogP contribution in [0, 0.1) is 11.7 Å². The van der Waals surface area contributed by atoms with E-state index in [9.17, 15) is 22.4 Å². The molecule has 2 aliphatic heterocycles. The van der Waals surface area contributed by atoms with Crippen molar-refractivity contribution in [2.24, 2.45) is 5.92 Å². The number of rotatable bonds is 3. The predicted octanol–water partition coefficient (Wildman–Crippen LogP) is 2.39. The van der Waals surface area contributed by atoms with Crippen molar-refractivity contribution in [2.45, 2.75) is 37.9 Å². The number of carbonyl (C=O) groups excluding carboxylic acids is 1. The van der Waals surface area contributed by atoms with Crippen LogP contribution >= 0.6 is 0 Å². The first kappa shape index (κ1) is 16.9. The molecule has 3 rings (SSSR count). The highest BCUT2D eigenvalue weighted by atomic mass is 19.4. The first-order chi connectivity index (χ1) is 11.3. The van der Waals surface area contributed by atoms with Crippen LogP contribution in [-0.4, -0.2) is 52.6 Å². The summed E-state index contributed by atoms with van der Waals surface area (Å²) >= 11 is 0. The van der Waals surface area contributed by atoms with Crippen LogP contribution in [0.25, 0.3) is 0 Å². The van der Waals surface area contributed by atoms with Gasteiger partial charge in [0, 0.05) is 26.1 Å². The lowest BCUT2D eigenvalue weighted by Crippen LogP contribution is -2.50. The van der Waals surface area contributed by atoms with Gasteiger partial charge < -0.3 is 9.80 Å². The molecule has 3 heterocycles. The van der Waals surface area contributed by atoms with Gasteiger partial charge in [0.05, 0.1) is 18.7 Å². The molecule has 1 aromatic rings. The molecule has 2 fully saturated rings. The molecule has 2 atom stereocenters. The van der Waals surface area contributed by atoms with Gasteiger partial charge in [-0.2, -0.15) is 13.2 Å². The number of piperidine rings is 1.